The first-order valence-electron chi connectivity index (χ1n) is 6.07. The van der Waals surface area contributed by atoms with Crippen molar-refractivity contribution in [1.29, 1.82) is 5.26 Å². The average molecular weight is 221 g/mol. The minimum atomic E-state index is -0.552. The van der Waals surface area contributed by atoms with Crippen LogP contribution in [-0.4, -0.2) is 19.0 Å². The number of ether oxygens (including phenoxy) is 1. The van der Waals surface area contributed by atoms with Crippen molar-refractivity contribution in [1.82, 2.24) is 0 Å². The fraction of sp³-hybridized carbons (Fsp3) is 0.769. The molecular formula is C13H19NO2. The van der Waals surface area contributed by atoms with Crippen molar-refractivity contribution in [3.8, 4) is 6.07 Å². The van der Waals surface area contributed by atoms with E-state index in [2.05, 4.69) is 6.42 Å². The molecule has 1 rings (SSSR count). The highest BCUT2D eigenvalue weighted by Crippen LogP contribution is 2.19. The minimum Gasteiger partial charge on any atom is -0.378 e. The van der Waals surface area contributed by atoms with Crippen LogP contribution >= 0.6 is 0 Å². The van der Waals surface area contributed by atoms with Crippen molar-refractivity contribution in [2.45, 2.75) is 51.0 Å². The Balaban J connectivity index is 1.95. The Morgan fingerprint density at radius 3 is 2.75 bits per heavy atom. The van der Waals surface area contributed by atoms with Gasteiger partial charge in [0.1, 0.15) is 5.92 Å². The first kappa shape index (κ1) is 13.2. The molecule has 1 fully saturated rings. The number of nitrogens with zero attached hydrogens (tertiary/aromatic N) is 1. The van der Waals surface area contributed by atoms with Crippen LogP contribution in [0.25, 0.3) is 0 Å². The van der Waals surface area contributed by atoms with E-state index in [0.717, 1.165) is 32.3 Å². The van der Waals surface area contributed by atoms with E-state index in [1.165, 1.54) is 12.8 Å². The van der Waals surface area contributed by atoms with Crippen molar-refractivity contribution in [2.24, 2.45) is 5.92 Å². The number of unbranched alkanes of at least 4 members (excludes halogenated alkanes) is 1. The molecule has 0 N–H and O–H groups in total. The lowest BCUT2D eigenvalue weighted by atomic mass is 9.98. The van der Waals surface area contributed by atoms with E-state index in [1.54, 1.807) is 6.29 Å². The molecule has 3 nitrogen and oxygen atoms in total. The van der Waals surface area contributed by atoms with E-state index >= 15 is 0 Å². The predicted octanol–water partition coefficient (Wildman–Crippen LogP) is 2.57. The third kappa shape index (κ3) is 5.27. The second-order valence-corrected chi connectivity index (χ2v) is 4.23. The molecule has 1 atom stereocenters. The minimum absolute atomic E-state index is 0.425. The molecule has 0 aromatic rings. The van der Waals surface area contributed by atoms with E-state index in [0.29, 0.717) is 12.5 Å². The summed E-state index contributed by atoms with van der Waals surface area (Å²) in [6.45, 7) is 0.752. The molecule has 0 bridgehead atoms. The Bertz CT molecular complexity index is 229. The van der Waals surface area contributed by atoms with Crippen LogP contribution in [0, 0.1) is 23.7 Å². The van der Waals surface area contributed by atoms with E-state index in [9.17, 15) is 4.79 Å². The Kier molecular flexibility index (Phi) is 6.83. The summed E-state index contributed by atoms with van der Waals surface area (Å²) in [5.74, 6) is -0.552. The SMILES string of the molecule is N#CC([C]=O)CCCCOC1CC[CH]CC1. The molecule has 1 saturated carbocycles. The molecule has 0 amide bonds. The van der Waals surface area contributed by atoms with E-state index in [1.807, 2.05) is 6.07 Å². The summed E-state index contributed by atoms with van der Waals surface area (Å²) in [6.07, 6.45) is 11.5. The summed E-state index contributed by atoms with van der Waals surface area (Å²) < 4.78 is 5.73. The van der Waals surface area contributed by atoms with Crippen LogP contribution in [0.4, 0.5) is 0 Å². The van der Waals surface area contributed by atoms with Gasteiger partial charge in [-0.25, -0.2) is 0 Å². The highest BCUT2D eigenvalue weighted by Gasteiger charge is 2.13. The Morgan fingerprint density at radius 1 is 1.38 bits per heavy atom. The Morgan fingerprint density at radius 2 is 2.12 bits per heavy atom. The van der Waals surface area contributed by atoms with Gasteiger partial charge in [-0.15, -0.1) is 0 Å². The maximum atomic E-state index is 10.3. The van der Waals surface area contributed by atoms with E-state index < -0.39 is 5.92 Å². The highest BCUT2D eigenvalue weighted by atomic mass is 16.5. The lowest BCUT2D eigenvalue weighted by molar-refractivity contribution is 0.0325. The molecule has 0 aromatic heterocycles. The Hall–Kier alpha value is -0.880. The van der Waals surface area contributed by atoms with Gasteiger partial charge in [-0.3, -0.25) is 4.79 Å². The molecule has 0 aromatic carbocycles. The number of rotatable bonds is 7. The molecule has 1 aliphatic carbocycles. The van der Waals surface area contributed by atoms with E-state index in [4.69, 9.17) is 10.00 Å². The topological polar surface area (TPSA) is 50.1 Å². The van der Waals surface area contributed by atoms with Crippen LogP contribution in [0.2, 0.25) is 0 Å². The van der Waals surface area contributed by atoms with Gasteiger partial charge in [0.25, 0.3) is 0 Å². The van der Waals surface area contributed by atoms with Crippen molar-refractivity contribution in [3.63, 3.8) is 0 Å². The molecule has 0 aliphatic heterocycles. The average Bonchev–Trinajstić information content (AvgIpc) is 2.35. The lowest BCUT2D eigenvalue weighted by Gasteiger charge is -2.21. The zero-order valence-electron chi connectivity index (χ0n) is 9.65. The van der Waals surface area contributed by atoms with Crippen LogP contribution < -0.4 is 0 Å². The van der Waals surface area contributed by atoms with E-state index in [-0.39, 0.29) is 0 Å². The third-order valence-corrected chi connectivity index (χ3v) is 2.92. The van der Waals surface area contributed by atoms with Gasteiger partial charge < -0.3 is 4.74 Å². The largest absolute Gasteiger partial charge is 0.378 e. The second-order valence-electron chi connectivity index (χ2n) is 4.23. The van der Waals surface area contributed by atoms with Gasteiger partial charge in [-0.05, 0) is 51.4 Å². The summed E-state index contributed by atoms with van der Waals surface area (Å²) in [5, 5.41) is 8.54. The zero-order valence-corrected chi connectivity index (χ0v) is 9.65. The van der Waals surface area contributed by atoms with Gasteiger partial charge >= 0.3 is 0 Å². The third-order valence-electron chi connectivity index (χ3n) is 2.92. The molecule has 2 radical (unpaired) electrons. The zero-order chi connectivity index (χ0) is 11.6. The quantitative estimate of drug-likeness (QED) is 0.621. The van der Waals surface area contributed by atoms with Crippen molar-refractivity contribution >= 4 is 6.29 Å². The predicted molar refractivity (Wildman–Crippen MR) is 61.2 cm³/mol. The van der Waals surface area contributed by atoms with Gasteiger partial charge in [0, 0.05) is 6.61 Å². The van der Waals surface area contributed by atoms with Crippen LogP contribution in [0.3, 0.4) is 0 Å². The number of hydrogen-bond donors (Lipinski definition) is 0. The molecule has 16 heavy (non-hydrogen) atoms. The van der Waals surface area contributed by atoms with Gasteiger partial charge in [-0.1, -0.05) is 0 Å². The van der Waals surface area contributed by atoms with Crippen LogP contribution in [0.1, 0.15) is 44.9 Å². The summed E-state index contributed by atoms with van der Waals surface area (Å²) >= 11 is 0. The lowest BCUT2D eigenvalue weighted by Crippen LogP contribution is -2.17. The molecular weight excluding hydrogens is 202 g/mol. The summed E-state index contributed by atoms with van der Waals surface area (Å²) in [4.78, 5) is 10.3. The Labute approximate surface area is 97.8 Å². The normalized spacial score (nSPS) is 18.9. The first-order valence-corrected chi connectivity index (χ1v) is 6.07. The van der Waals surface area contributed by atoms with Crippen LogP contribution in [0.5, 0.6) is 0 Å². The van der Waals surface area contributed by atoms with Crippen molar-refractivity contribution in [2.75, 3.05) is 6.61 Å². The molecule has 0 saturated heterocycles. The highest BCUT2D eigenvalue weighted by molar-refractivity contribution is 5.58. The standard InChI is InChI=1S/C13H19NO2/c14-10-12(11-15)6-4-5-9-16-13-7-2-1-3-8-13/h1,12-13H,2-9H2. The second kappa shape index (κ2) is 8.29. The number of hydrogen-bond acceptors (Lipinski definition) is 3. The first-order chi connectivity index (χ1) is 7.86. The molecule has 0 spiro atoms. The maximum absolute atomic E-state index is 10.3. The van der Waals surface area contributed by atoms with Crippen LogP contribution in [0.15, 0.2) is 0 Å². The van der Waals surface area contributed by atoms with Crippen molar-refractivity contribution < 1.29 is 9.53 Å². The van der Waals surface area contributed by atoms with Crippen molar-refractivity contribution in [3.05, 3.63) is 6.42 Å². The molecule has 1 aliphatic rings. The number of carbonyl (C=O) groups excluding carboxylic acids is 1. The van der Waals surface area contributed by atoms with Gasteiger partial charge in [0.2, 0.25) is 6.29 Å². The number of nitriles is 1. The summed E-state index contributed by atoms with van der Waals surface area (Å²) in [5.41, 5.74) is 0. The fourth-order valence-corrected chi connectivity index (χ4v) is 1.91. The molecule has 88 valence electrons. The summed E-state index contributed by atoms with van der Waals surface area (Å²) in [6, 6.07) is 1.92. The smallest absolute Gasteiger partial charge is 0.216 e. The monoisotopic (exact) mass is 221 g/mol. The molecule has 0 heterocycles. The molecule has 3 heteroatoms. The van der Waals surface area contributed by atoms with Crippen LogP contribution in [-0.2, 0) is 9.53 Å². The maximum Gasteiger partial charge on any atom is 0.216 e. The fourth-order valence-electron chi connectivity index (χ4n) is 1.91. The molecule has 1 unspecified atom stereocenters. The van der Waals surface area contributed by atoms with Gasteiger partial charge in [0.05, 0.1) is 12.2 Å². The van der Waals surface area contributed by atoms with Gasteiger partial charge in [-0.2, -0.15) is 5.26 Å². The summed E-state index contributed by atoms with van der Waals surface area (Å²) in [7, 11) is 0. The van der Waals surface area contributed by atoms with Gasteiger partial charge in [0.15, 0.2) is 0 Å².